The van der Waals surface area contributed by atoms with Gasteiger partial charge in [0.2, 0.25) is 10.0 Å². The number of aromatic nitrogens is 1. The van der Waals surface area contributed by atoms with Crippen molar-refractivity contribution in [2.45, 2.75) is 11.4 Å². The molecule has 0 aliphatic carbocycles. The van der Waals surface area contributed by atoms with Gasteiger partial charge in [0, 0.05) is 11.1 Å². The van der Waals surface area contributed by atoms with Gasteiger partial charge in [-0.2, -0.15) is 9.28 Å². The molecule has 1 aliphatic heterocycles. The van der Waals surface area contributed by atoms with Crippen LogP contribution in [0.4, 0.5) is 4.79 Å². The molecule has 0 bridgehead atoms. The molecule has 0 fully saturated rings. The Labute approximate surface area is 172 Å². The average Bonchev–Trinajstić information content (AvgIpc) is 3.36. The molecule has 0 unspecified atom stereocenters. The predicted molar refractivity (Wildman–Crippen MR) is 109 cm³/mol. The Kier molecular flexibility index (Phi) is 4.86. The minimum atomic E-state index is -3.82. The van der Waals surface area contributed by atoms with E-state index >= 15 is 0 Å². The van der Waals surface area contributed by atoms with E-state index in [0.717, 1.165) is 5.56 Å². The van der Waals surface area contributed by atoms with Crippen LogP contribution >= 0.6 is 0 Å². The molecule has 152 valence electrons. The fourth-order valence-corrected chi connectivity index (χ4v) is 3.71. The number of primary sulfonamides is 1. The zero-order valence-corrected chi connectivity index (χ0v) is 16.5. The minimum Gasteiger partial charge on any atom is -0.435 e. The van der Waals surface area contributed by atoms with Crippen LogP contribution in [0, 0.1) is 0 Å². The molecule has 3 N–H and O–H groups in total. The summed E-state index contributed by atoms with van der Waals surface area (Å²) in [5.41, 5.74) is 1.91. The minimum absolute atomic E-state index is 0.0164. The third-order valence-corrected chi connectivity index (χ3v) is 5.66. The molecule has 4 rings (SSSR count). The van der Waals surface area contributed by atoms with E-state index in [2.05, 4.69) is 4.98 Å². The Balaban J connectivity index is 1.80. The molecule has 1 aliphatic rings. The van der Waals surface area contributed by atoms with E-state index in [0.29, 0.717) is 17.0 Å². The smallest absolute Gasteiger partial charge is 0.435 e. The van der Waals surface area contributed by atoms with Crippen molar-refractivity contribution in [3.8, 4) is 22.6 Å². The summed E-state index contributed by atoms with van der Waals surface area (Å²) in [5.74, 6) is 0.644. The van der Waals surface area contributed by atoms with Crippen LogP contribution in [0.2, 0.25) is 0 Å². The van der Waals surface area contributed by atoms with E-state index in [9.17, 15) is 18.3 Å². The van der Waals surface area contributed by atoms with E-state index in [1.807, 2.05) is 30.3 Å². The summed E-state index contributed by atoms with van der Waals surface area (Å²) in [4.78, 5) is 16.4. The van der Waals surface area contributed by atoms with Crippen LogP contribution < -0.4 is 5.14 Å². The molecule has 2 aromatic carbocycles. The first-order valence-corrected chi connectivity index (χ1v) is 10.5. The second-order valence-corrected chi connectivity index (χ2v) is 8.34. The highest BCUT2D eigenvalue weighted by molar-refractivity contribution is 7.89. The first-order valence-electron chi connectivity index (χ1n) is 8.95. The topological polar surface area (TPSA) is 123 Å². The third kappa shape index (κ3) is 3.69. The van der Waals surface area contributed by atoms with Gasteiger partial charge in [-0.25, -0.2) is 18.5 Å². The van der Waals surface area contributed by atoms with E-state index in [1.165, 1.54) is 24.5 Å². The molecule has 2 heterocycles. The Hall–Kier alpha value is -3.53. The molecule has 30 heavy (non-hydrogen) atoms. The maximum atomic E-state index is 11.8. The molecule has 1 amide bonds. The standard InChI is InChI=1S/C21H17N3O5S/c22-30(27,28)17-10-8-16(9-11-17)20-19(15-6-2-1-3-7-15)23-18(29-20)14-24(21(25)26)12-4-5-13-24/h1-13H,14H2,(H2-,22,25,26,27,28)/p+1. The first-order chi connectivity index (χ1) is 14.3. The van der Waals surface area contributed by atoms with Crippen LogP contribution in [0.5, 0.6) is 0 Å². The fourth-order valence-electron chi connectivity index (χ4n) is 3.20. The predicted octanol–water partition coefficient (Wildman–Crippen LogP) is 3.69. The summed E-state index contributed by atoms with van der Waals surface area (Å²) in [6.45, 7) is -0.0164. The van der Waals surface area contributed by atoms with Crippen molar-refractivity contribution in [3.63, 3.8) is 0 Å². The number of benzene rings is 2. The maximum absolute atomic E-state index is 11.8. The van der Waals surface area contributed by atoms with Gasteiger partial charge in [-0.3, -0.25) is 0 Å². The van der Waals surface area contributed by atoms with Crippen molar-refractivity contribution in [2.24, 2.45) is 5.14 Å². The number of oxazole rings is 1. The van der Waals surface area contributed by atoms with Gasteiger partial charge in [-0.05, 0) is 36.4 Å². The number of carboxylic acid groups (broad SMARTS) is 1. The normalized spacial score (nSPS) is 14.8. The molecule has 8 nitrogen and oxygen atoms in total. The van der Waals surface area contributed by atoms with Crippen molar-refractivity contribution in [2.75, 3.05) is 0 Å². The third-order valence-electron chi connectivity index (χ3n) is 4.73. The van der Waals surface area contributed by atoms with Crippen LogP contribution in [0.1, 0.15) is 5.89 Å². The van der Waals surface area contributed by atoms with E-state index in [-0.39, 0.29) is 17.3 Å². The van der Waals surface area contributed by atoms with Crippen LogP contribution in [0.25, 0.3) is 22.6 Å². The molecule has 0 atom stereocenters. The Morgan fingerprint density at radius 2 is 1.63 bits per heavy atom. The lowest BCUT2D eigenvalue weighted by atomic mass is 10.1. The number of hydrogen-bond acceptors (Lipinski definition) is 5. The second kappa shape index (κ2) is 7.38. The highest BCUT2D eigenvalue weighted by Gasteiger charge is 2.37. The molecule has 3 aromatic rings. The van der Waals surface area contributed by atoms with Crippen LogP contribution in [0.15, 0.2) is 88.5 Å². The van der Waals surface area contributed by atoms with Crippen molar-refractivity contribution < 1.29 is 27.2 Å². The summed E-state index contributed by atoms with van der Waals surface area (Å²) < 4.78 is 28.6. The summed E-state index contributed by atoms with van der Waals surface area (Å²) in [7, 11) is -3.82. The largest absolute Gasteiger partial charge is 0.523 e. The number of rotatable bonds is 5. The van der Waals surface area contributed by atoms with Crippen molar-refractivity contribution >= 4 is 16.1 Å². The maximum Gasteiger partial charge on any atom is 0.523 e. The summed E-state index contributed by atoms with van der Waals surface area (Å²) in [6.07, 6.45) is 5.33. The van der Waals surface area contributed by atoms with Gasteiger partial charge in [0.05, 0.1) is 4.90 Å². The van der Waals surface area contributed by atoms with Gasteiger partial charge < -0.3 is 9.52 Å². The Morgan fingerprint density at radius 3 is 2.20 bits per heavy atom. The number of sulfonamides is 1. The summed E-state index contributed by atoms with van der Waals surface area (Å²) >= 11 is 0. The molecular formula is C21H18N3O5S+. The van der Waals surface area contributed by atoms with Gasteiger partial charge >= 0.3 is 6.09 Å². The number of quaternary nitrogens is 1. The monoisotopic (exact) mass is 424 g/mol. The molecule has 0 radical (unpaired) electrons. The zero-order chi connectivity index (χ0) is 21.4. The summed E-state index contributed by atoms with van der Waals surface area (Å²) in [6, 6.07) is 15.2. The quantitative estimate of drug-likeness (QED) is 0.602. The van der Waals surface area contributed by atoms with Gasteiger partial charge in [-0.1, -0.05) is 30.3 Å². The average molecular weight is 424 g/mol. The number of carbonyl (C=O) groups is 1. The van der Waals surface area contributed by atoms with Gasteiger partial charge in [-0.15, -0.1) is 0 Å². The van der Waals surface area contributed by atoms with Crippen LogP contribution in [-0.2, 0) is 16.6 Å². The molecule has 1 aromatic heterocycles. The van der Waals surface area contributed by atoms with E-state index in [1.54, 1.807) is 24.3 Å². The highest BCUT2D eigenvalue weighted by atomic mass is 32.2. The lowest BCUT2D eigenvalue weighted by Crippen LogP contribution is -2.40. The summed E-state index contributed by atoms with van der Waals surface area (Å²) in [5, 5.41) is 14.8. The number of allylic oxidation sites excluding steroid dienone is 2. The van der Waals surface area contributed by atoms with E-state index < -0.39 is 20.6 Å². The molecular weight excluding hydrogens is 406 g/mol. The molecule has 0 saturated carbocycles. The van der Waals surface area contributed by atoms with Crippen molar-refractivity contribution in [1.82, 2.24) is 4.98 Å². The van der Waals surface area contributed by atoms with Gasteiger partial charge in [0.25, 0.3) is 5.89 Å². The van der Waals surface area contributed by atoms with Crippen LogP contribution in [-0.4, -0.2) is 29.1 Å². The van der Waals surface area contributed by atoms with Gasteiger partial charge in [0.1, 0.15) is 18.1 Å². The van der Waals surface area contributed by atoms with Crippen LogP contribution in [0.3, 0.4) is 0 Å². The lowest BCUT2D eigenvalue weighted by Gasteiger charge is -2.19. The van der Waals surface area contributed by atoms with Crippen molar-refractivity contribution in [3.05, 3.63) is 85.0 Å². The highest BCUT2D eigenvalue weighted by Crippen LogP contribution is 2.34. The van der Waals surface area contributed by atoms with Crippen molar-refractivity contribution in [1.29, 1.82) is 0 Å². The second-order valence-electron chi connectivity index (χ2n) is 6.78. The van der Waals surface area contributed by atoms with E-state index in [4.69, 9.17) is 9.56 Å². The molecule has 9 heteroatoms. The SMILES string of the molecule is NS(=O)(=O)c1ccc(-c2oc(C[N+]3(C(=O)O)C=CC=C3)nc2-c2ccccc2)cc1. The fraction of sp³-hybridized carbons (Fsp3) is 0.0476. The zero-order valence-electron chi connectivity index (χ0n) is 15.7. The Bertz CT molecular complexity index is 1250. The van der Waals surface area contributed by atoms with Gasteiger partial charge in [0.15, 0.2) is 12.3 Å². The number of nitrogens with zero attached hydrogens (tertiary/aromatic N) is 2. The Morgan fingerprint density at radius 1 is 1.00 bits per heavy atom. The molecule has 0 saturated heterocycles. The number of hydrogen-bond donors (Lipinski definition) is 2. The first kappa shape index (κ1) is 19.8. The number of nitrogens with two attached hydrogens (primary N) is 1. The number of amides is 1. The molecule has 0 spiro atoms. The lowest BCUT2D eigenvalue weighted by molar-refractivity contribution is -0.765.